The molecule has 2 aromatic heterocycles. The van der Waals surface area contributed by atoms with Crippen LogP contribution in [0.5, 0.6) is 0 Å². The van der Waals surface area contributed by atoms with Crippen molar-refractivity contribution < 1.29 is 19.4 Å². The number of nitrogens with zero attached hydrogens (tertiary/aromatic N) is 2. The number of amides is 1. The highest BCUT2D eigenvalue weighted by Gasteiger charge is 2.19. The molecule has 3 rings (SSSR count). The van der Waals surface area contributed by atoms with Crippen molar-refractivity contribution in [1.29, 1.82) is 0 Å². The molecule has 0 fully saturated rings. The Balaban J connectivity index is 2.11. The van der Waals surface area contributed by atoms with E-state index in [4.69, 9.17) is 4.74 Å². The van der Waals surface area contributed by atoms with Crippen LogP contribution in [0, 0.1) is 0 Å². The molecule has 0 saturated heterocycles. The molecule has 1 aromatic carbocycles. The molecule has 0 atom stereocenters. The van der Waals surface area contributed by atoms with Gasteiger partial charge in [0.25, 0.3) is 5.91 Å². The zero-order valence-corrected chi connectivity index (χ0v) is 15.7. The number of hydrogen-bond donors (Lipinski definition) is 3. The second-order valence-corrected chi connectivity index (χ2v) is 5.97. The molecule has 0 aliphatic heterocycles. The Morgan fingerprint density at radius 3 is 2.75 bits per heavy atom. The van der Waals surface area contributed by atoms with Crippen molar-refractivity contribution in [3.05, 3.63) is 53.7 Å². The number of anilines is 1. The van der Waals surface area contributed by atoms with E-state index in [-0.39, 0.29) is 17.2 Å². The SMILES string of the molecule is C/C=C(/OC)C(=O)Nc1cccc(-c2nc(CC)nc3[nH]cc(C(=O)O)c23)c1. The Morgan fingerprint density at radius 1 is 1.32 bits per heavy atom. The molecule has 8 nitrogen and oxygen atoms in total. The number of allylic oxidation sites excluding steroid dienone is 1. The third kappa shape index (κ3) is 3.57. The van der Waals surface area contributed by atoms with E-state index in [2.05, 4.69) is 20.3 Å². The van der Waals surface area contributed by atoms with Gasteiger partial charge in [-0.3, -0.25) is 4.79 Å². The molecule has 144 valence electrons. The van der Waals surface area contributed by atoms with E-state index < -0.39 is 5.97 Å². The van der Waals surface area contributed by atoms with Crippen LogP contribution in [-0.4, -0.2) is 39.0 Å². The summed E-state index contributed by atoms with van der Waals surface area (Å²) in [5.74, 6) is -0.659. The number of carboxylic acid groups (broad SMARTS) is 1. The minimum Gasteiger partial charge on any atom is -0.491 e. The monoisotopic (exact) mass is 380 g/mol. The first-order valence-corrected chi connectivity index (χ1v) is 8.71. The molecule has 0 spiro atoms. The van der Waals surface area contributed by atoms with Gasteiger partial charge in [0, 0.05) is 23.9 Å². The first kappa shape index (κ1) is 19.1. The van der Waals surface area contributed by atoms with Gasteiger partial charge < -0.3 is 20.1 Å². The Kier molecular flexibility index (Phi) is 5.39. The zero-order chi connectivity index (χ0) is 20.3. The Hall–Kier alpha value is -3.68. The fraction of sp³-hybridized carbons (Fsp3) is 0.200. The van der Waals surface area contributed by atoms with Crippen molar-refractivity contribution in [2.45, 2.75) is 20.3 Å². The summed E-state index contributed by atoms with van der Waals surface area (Å²) < 4.78 is 5.03. The largest absolute Gasteiger partial charge is 0.491 e. The van der Waals surface area contributed by atoms with Crippen LogP contribution in [0.15, 0.2) is 42.3 Å². The van der Waals surface area contributed by atoms with Gasteiger partial charge in [-0.1, -0.05) is 19.1 Å². The smallest absolute Gasteiger partial charge is 0.338 e. The lowest BCUT2D eigenvalue weighted by Gasteiger charge is -2.10. The second-order valence-electron chi connectivity index (χ2n) is 5.97. The standard InChI is InChI=1S/C20H20N4O4/c1-4-14(28-3)19(25)22-12-8-6-7-11(9-12)17-16-13(20(26)27)10-21-18(16)24-15(5-2)23-17/h4,6-10H,5H2,1-3H3,(H,22,25)(H,26,27)(H,21,23,24)/b14-4+. The van der Waals surface area contributed by atoms with Gasteiger partial charge in [-0.15, -0.1) is 0 Å². The Labute approximate surface area is 161 Å². The van der Waals surface area contributed by atoms with E-state index >= 15 is 0 Å². The summed E-state index contributed by atoms with van der Waals surface area (Å²) in [5.41, 5.74) is 2.26. The lowest BCUT2D eigenvalue weighted by molar-refractivity contribution is -0.115. The van der Waals surface area contributed by atoms with Gasteiger partial charge in [-0.25, -0.2) is 14.8 Å². The van der Waals surface area contributed by atoms with Crippen molar-refractivity contribution >= 4 is 28.6 Å². The van der Waals surface area contributed by atoms with Crippen molar-refractivity contribution in [1.82, 2.24) is 15.0 Å². The van der Waals surface area contributed by atoms with Gasteiger partial charge in [-0.2, -0.15) is 0 Å². The quantitative estimate of drug-likeness (QED) is 0.446. The fourth-order valence-corrected chi connectivity index (χ4v) is 2.89. The van der Waals surface area contributed by atoms with Gasteiger partial charge >= 0.3 is 5.97 Å². The predicted molar refractivity (Wildman–Crippen MR) is 105 cm³/mol. The maximum absolute atomic E-state index is 12.2. The molecular formula is C20H20N4O4. The number of aryl methyl sites for hydroxylation is 1. The van der Waals surface area contributed by atoms with Crippen LogP contribution < -0.4 is 5.32 Å². The summed E-state index contributed by atoms with van der Waals surface area (Å²) in [4.78, 5) is 35.7. The first-order chi connectivity index (χ1) is 13.5. The maximum Gasteiger partial charge on any atom is 0.338 e. The van der Waals surface area contributed by atoms with Gasteiger partial charge in [0.05, 0.1) is 23.8 Å². The third-order valence-electron chi connectivity index (χ3n) is 4.22. The topological polar surface area (TPSA) is 117 Å². The third-order valence-corrected chi connectivity index (χ3v) is 4.22. The van der Waals surface area contributed by atoms with E-state index in [0.29, 0.717) is 40.2 Å². The summed E-state index contributed by atoms with van der Waals surface area (Å²) in [5, 5.41) is 12.7. The molecule has 0 aliphatic carbocycles. The molecule has 0 aliphatic rings. The fourth-order valence-electron chi connectivity index (χ4n) is 2.89. The van der Waals surface area contributed by atoms with E-state index in [9.17, 15) is 14.7 Å². The number of benzene rings is 1. The molecule has 28 heavy (non-hydrogen) atoms. The van der Waals surface area contributed by atoms with E-state index in [1.807, 2.05) is 13.0 Å². The maximum atomic E-state index is 12.2. The number of H-pyrrole nitrogens is 1. The van der Waals surface area contributed by atoms with Gasteiger partial charge in [-0.05, 0) is 25.1 Å². The molecule has 0 bridgehead atoms. The lowest BCUT2D eigenvalue weighted by Crippen LogP contribution is -2.15. The molecule has 1 amide bonds. The highest BCUT2D eigenvalue weighted by atomic mass is 16.5. The van der Waals surface area contributed by atoms with Crippen LogP contribution in [0.1, 0.15) is 30.0 Å². The highest BCUT2D eigenvalue weighted by molar-refractivity contribution is 6.08. The molecule has 0 radical (unpaired) electrons. The minimum absolute atomic E-state index is 0.0951. The number of carboxylic acids is 1. The molecule has 0 unspecified atom stereocenters. The number of hydrogen-bond acceptors (Lipinski definition) is 5. The molecule has 8 heteroatoms. The summed E-state index contributed by atoms with van der Waals surface area (Å²) >= 11 is 0. The van der Waals surface area contributed by atoms with Crippen LogP contribution in [0.3, 0.4) is 0 Å². The minimum atomic E-state index is -1.07. The lowest BCUT2D eigenvalue weighted by atomic mass is 10.1. The second kappa shape index (κ2) is 7.91. The number of aromatic amines is 1. The van der Waals surface area contributed by atoms with Crippen LogP contribution in [-0.2, 0) is 16.0 Å². The van der Waals surface area contributed by atoms with Gasteiger partial charge in [0.1, 0.15) is 11.5 Å². The molecular weight excluding hydrogens is 360 g/mol. The van der Waals surface area contributed by atoms with Crippen LogP contribution in [0.4, 0.5) is 5.69 Å². The van der Waals surface area contributed by atoms with Crippen LogP contribution in [0.25, 0.3) is 22.3 Å². The highest BCUT2D eigenvalue weighted by Crippen LogP contribution is 2.30. The number of ether oxygens (including phenoxy) is 1. The van der Waals surface area contributed by atoms with Gasteiger partial charge in [0.15, 0.2) is 5.76 Å². The van der Waals surface area contributed by atoms with Gasteiger partial charge in [0.2, 0.25) is 0 Å². The first-order valence-electron chi connectivity index (χ1n) is 8.71. The van der Waals surface area contributed by atoms with Crippen LogP contribution in [0.2, 0.25) is 0 Å². The normalized spacial score (nSPS) is 11.5. The number of fused-ring (bicyclic) bond motifs is 1. The summed E-state index contributed by atoms with van der Waals surface area (Å²) in [6.45, 7) is 3.63. The summed E-state index contributed by atoms with van der Waals surface area (Å²) in [6, 6.07) is 7.04. The summed E-state index contributed by atoms with van der Waals surface area (Å²) in [6.07, 6.45) is 3.58. The van der Waals surface area contributed by atoms with Crippen molar-refractivity contribution in [2.75, 3.05) is 12.4 Å². The average molecular weight is 380 g/mol. The number of aromatic nitrogens is 3. The zero-order valence-electron chi connectivity index (χ0n) is 15.7. The summed E-state index contributed by atoms with van der Waals surface area (Å²) in [7, 11) is 1.43. The molecule has 2 heterocycles. The molecule has 3 N–H and O–H groups in total. The van der Waals surface area contributed by atoms with E-state index in [1.54, 1.807) is 31.2 Å². The van der Waals surface area contributed by atoms with Crippen molar-refractivity contribution in [3.63, 3.8) is 0 Å². The van der Waals surface area contributed by atoms with Crippen molar-refractivity contribution in [3.8, 4) is 11.3 Å². The number of carbonyl (C=O) groups is 2. The molecule has 0 saturated carbocycles. The Bertz CT molecular complexity index is 1080. The molecule has 3 aromatic rings. The number of methoxy groups -OCH3 is 1. The number of nitrogens with one attached hydrogen (secondary N) is 2. The van der Waals surface area contributed by atoms with Crippen LogP contribution >= 0.6 is 0 Å². The van der Waals surface area contributed by atoms with Crippen molar-refractivity contribution in [2.24, 2.45) is 0 Å². The van der Waals surface area contributed by atoms with E-state index in [1.165, 1.54) is 13.3 Å². The number of rotatable bonds is 6. The Morgan fingerprint density at radius 2 is 2.11 bits per heavy atom. The predicted octanol–water partition coefficient (Wildman–Crippen LogP) is 3.37. The van der Waals surface area contributed by atoms with E-state index in [0.717, 1.165) is 0 Å². The number of aromatic carboxylic acids is 1. The average Bonchev–Trinajstić information content (AvgIpc) is 3.12. The number of carbonyl (C=O) groups excluding carboxylic acids is 1.